The Hall–Kier alpha value is -1.35. The number of nitrogens with zero attached hydrogens (tertiary/aromatic N) is 2. The van der Waals surface area contributed by atoms with Crippen LogP contribution in [0.15, 0.2) is 30.6 Å². The molecule has 0 radical (unpaired) electrons. The zero-order chi connectivity index (χ0) is 11.5. The standard InChI is InChI=1S/C13H19N3/c1-4-14-13(10(2)3)11-9-15-16-8-6-5-7-12(11)16/h5-10,13-14H,4H2,1-3H3. The summed E-state index contributed by atoms with van der Waals surface area (Å²) in [6.07, 6.45) is 3.96. The van der Waals surface area contributed by atoms with Gasteiger partial charge in [-0.1, -0.05) is 26.8 Å². The lowest BCUT2D eigenvalue weighted by molar-refractivity contribution is 0.424. The third-order valence-corrected chi connectivity index (χ3v) is 2.88. The molecule has 0 bridgehead atoms. The normalized spacial score (nSPS) is 13.5. The molecule has 3 heteroatoms. The Morgan fingerprint density at radius 2 is 2.19 bits per heavy atom. The Balaban J connectivity index is 2.44. The molecule has 3 nitrogen and oxygen atoms in total. The molecule has 1 unspecified atom stereocenters. The molecule has 0 aliphatic heterocycles. The van der Waals surface area contributed by atoms with Crippen molar-refractivity contribution in [2.24, 2.45) is 5.92 Å². The molecule has 0 spiro atoms. The van der Waals surface area contributed by atoms with Crippen molar-refractivity contribution < 1.29 is 0 Å². The number of pyridine rings is 1. The second kappa shape index (κ2) is 4.66. The van der Waals surface area contributed by atoms with Crippen molar-refractivity contribution in [2.45, 2.75) is 26.8 Å². The summed E-state index contributed by atoms with van der Waals surface area (Å²) in [5.74, 6) is 0.563. The van der Waals surface area contributed by atoms with Crippen LogP contribution in [-0.4, -0.2) is 16.2 Å². The van der Waals surface area contributed by atoms with Gasteiger partial charge in [-0.05, 0) is 24.6 Å². The Morgan fingerprint density at radius 1 is 1.38 bits per heavy atom. The van der Waals surface area contributed by atoms with E-state index >= 15 is 0 Å². The number of aromatic nitrogens is 2. The molecule has 16 heavy (non-hydrogen) atoms. The van der Waals surface area contributed by atoms with Gasteiger partial charge in [0.2, 0.25) is 0 Å². The van der Waals surface area contributed by atoms with Crippen LogP contribution in [0.1, 0.15) is 32.4 Å². The predicted octanol–water partition coefficient (Wildman–Crippen LogP) is 2.64. The fraction of sp³-hybridized carbons (Fsp3) is 0.462. The molecule has 1 atom stereocenters. The summed E-state index contributed by atoms with van der Waals surface area (Å²) in [7, 11) is 0. The van der Waals surface area contributed by atoms with Crippen molar-refractivity contribution in [2.75, 3.05) is 6.54 Å². The Labute approximate surface area is 96.5 Å². The van der Waals surface area contributed by atoms with E-state index in [4.69, 9.17) is 0 Å². The van der Waals surface area contributed by atoms with Crippen molar-refractivity contribution >= 4 is 5.52 Å². The third kappa shape index (κ3) is 1.95. The monoisotopic (exact) mass is 217 g/mol. The highest BCUT2D eigenvalue weighted by Gasteiger charge is 2.18. The fourth-order valence-corrected chi connectivity index (χ4v) is 2.12. The fourth-order valence-electron chi connectivity index (χ4n) is 2.12. The minimum atomic E-state index is 0.380. The van der Waals surface area contributed by atoms with Crippen molar-refractivity contribution in [3.63, 3.8) is 0 Å². The Morgan fingerprint density at radius 3 is 2.88 bits per heavy atom. The minimum absolute atomic E-state index is 0.380. The number of hydrogen-bond donors (Lipinski definition) is 1. The molecule has 86 valence electrons. The largest absolute Gasteiger partial charge is 0.310 e. The molecule has 0 fully saturated rings. The van der Waals surface area contributed by atoms with Crippen LogP contribution in [0.2, 0.25) is 0 Å². The highest BCUT2D eigenvalue weighted by molar-refractivity contribution is 5.54. The van der Waals surface area contributed by atoms with Crippen LogP contribution in [-0.2, 0) is 0 Å². The highest BCUT2D eigenvalue weighted by atomic mass is 15.2. The van der Waals surface area contributed by atoms with Crippen LogP contribution in [0.5, 0.6) is 0 Å². The summed E-state index contributed by atoms with van der Waals surface area (Å²) in [4.78, 5) is 0. The summed E-state index contributed by atoms with van der Waals surface area (Å²) >= 11 is 0. The van der Waals surface area contributed by atoms with E-state index in [1.54, 1.807) is 0 Å². The van der Waals surface area contributed by atoms with Crippen molar-refractivity contribution in [1.82, 2.24) is 14.9 Å². The lowest BCUT2D eigenvalue weighted by Gasteiger charge is -2.20. The third-order valence-electron chi connectivity index (χ3n) is 2.88. The molecular weight excluding hydrogens is 198 g/mol. The van der Waals surface area contributed by atoms with E-state index in [1.165, 1.54) is 11.1 Å². The molecule has 2 heterocycles. The van der Waals surface area contributed by atoms with Gasteiger partial charge in [-0.25, -0.2) is 4.52 Å². The van der Waals surface area contributed by atoms with Crippen molar-refractivity contribution in [3.8, 4) is 0 Å². The SMILES string of the molecule is CCNC(c1cnn2ccccc12)C(C)C. The maximum absolute atomic E-state index is 4.38. The molecular formula is C13H19N3. The molecule has 0 saturated carbocycles. The highest BCUT2D eigenvalue weighted by Crippen LogP contribution is 2.25. The molecule has 0 aromatic carbocycles. The predicted molar refractivity (Wildman–Crippen MR) is 66.4 cm³/mol. The number of rotatable bonds is 4. The first-order chi connectivity index (χ1) is 7.74. The van der Waals surface area contributed by atoms with Crippen LogP contribution < -0.4 is 5.32 Å². The van der Waals surface area contributed by atoms with E-state index in [1.807, 2.05) is 23.0 Å². The lowest BCUT2D eigenvalue weighted by Crippen LogP contribution is -2.25. The zero-order valence-electron chi connectivity index (χ0n) is 10.1. The van der Waals surface area contributed by atoms with Crippen LogP contribution in [0.25, 0.3) is 5.52 Å². The van der Waals surface area contributed by atoms with Gasteiger partial charge in [-0.15, -0.1) is 0 Å². The first kappa shape index (κ1) is 11.1. The van der Waals surface area contributed by atoms with Gasteiger partial charge in [0.1, 0.15) is 0 Å². The smallest absolute Gasteiger partial charge is 0.0709 e. The summed E-state index contributed by atoms with van der Waals surface area (Å²) in [6, 6.07) is 6.56. The summed E-state index contributed by atoms with van der Waals surface area (Å²) in [5.41, 5.74) is 2.49. The molecule has 0 aliphatic rings. The summed E-state index contributed by atoms with van der Waals surface area (Å²) in [5, 5.41) is 7.90. The van der Waals surface area contributed by atoms with Gasteiger partial charge >= 0.3 is 0 Å². The molecule has 2 aromatic rings. The van der Waals surface area contributed by atoms with E-state index in [0.717, 1.165) is 6.54 Å². The van der Waals surface area contributed by atoms with E-state index < -0.39 is 0 Å². The Kier molecular flexibility index (Phi) is 3.25. The van der Waals surface area contributed by atoms with Gasteiger partial charge in [0, 0.05) is 17.8 Å². The van der Waals surface area contributed by atoms with E-state index in [-0.39, 0.29) is 0 Å². The van der Waals surface area contributed by atoms with Crippen molar-refractivity contribution in [1.29, 1.82) is 0 Å². The van der Waals surface area contributed by atoms with Crippen molar-refractivity contribution in [3.05, 3.63) is 36.2 Å². The second-order valence-corrected chi connectivity index (χ2v) is 4.41. The van der Waals surface area contributed by atoms with Crippen LogP contribution in [0.4, 0.5) is 0 Å². The van der Waals surface area contributed by atoms with E-state index in [2.05, 4.69) is 43.3 Å². The summed E-state index contributed by atoms with van der Waals surface area (Å²) < 4.78 is 1.93. The van der Waals surface area contributed by atoms with E-state index in [9.17, 15) is 0 Å². The molecule has 0 saturated heterocycles. The maximum Gasteiger partial charge on any atom is 0.0709 e. The Bertz CT molecular complexity index is 459. The topological polar surface area (TPSA) is 29.3 Å². The van der Waals surface area contributed by atoms with Gasteiger partial charge in [-0.3, -0.25) is 0 Å². The number of fused-ring (bicyclic) bond motifs is 1. The minimum Gasteiger partial charge on any atom is -0.310 e. The number of nitrogens with one attached hydrogen (secondary N) is 1. The molecule has 2 rings (SSSR count). The quantitative estimate of drug-likeness (QED) is 0.853. The maximum atomic E-state index is 4.38. The first-order valence-corrected chi connectivity index (χ1v) is 5.89. The van der Waals surface area contributed by atoms with Gasteiger partial charge in [0.05, 0.1) is 11.7 Å². The average Bonchev–Trinajstić information content (AvgIpc) is 2.69. The lowest BCUT2D eigenvalue weighted by atomic mass is 9.97. The van der Waals surface area contributed by atoms with Gasteiger partial charge in [-0.2, -0.15) is 5.10 Å². The van der Waals surface area contributed by atoms with E-state index in [0.29, 0.717) is 12.0 Å². The van der Waals surface area contributed by atoms with Crippen LogP contribution in [0.3, 0.4) is 0 Å². The molecule has 1 N–H and O–H groups in total. The van der Waals surface area contributed by atoms with Crippen LogP contribution >= 0.6 is 0 Å². The second-order valence-electron chi connectivity index (χ2n) is 4.41. The van der Waals surface area contributed by atoms with Crippen LogP contribution in [0, 0.1) is 5.92 Å². The zero-order valence-corrected chi connectivity index (χ0v) is 10.1. The summed E-state index contributed by atoms with van der Waals surface area (Å²) in [6.45, 7) is 7.59. The van der Waals surface area contributed by atoms with Gasteiger partial charge in [0.25, 0.3) is 0 Å². The molecule has 0 amide bonds. The van der Waals surface area contributed by atoms with Gasteiger partial charge in [0.15, 0.2) is 0 Å². The average molecular weight is 217 g/mol. The van der Waals surface area contributed by atoms with Gasteiger partial charge < -0.3 is 5.32 Å². The number of hydrogen-bond acceptors (Lipinski definition) is 2. The first-order valence-electron chi connectivity index (χ1n) is 5.89. The molecule has 0 aliphatic carbocycles. The molecule has 2 aromatic heterocycles.